The summed E-state index contributed by atoms with van der Waals surface area (Å²) in [6.45, 7) is 0. The summed E-state index contributed by atoms with van der Waals surface area (Å²) in [7, 11) is 0. The molecular formula is C138H92N2O2. The van der Waals surface area contributed by atoms with Crippen LogP contribution in [0, 0.1) is 0 Å². The van der Waals surface area contributed by atoms with Gasteiger partial charge in [0.05, 0.1) is 39.3 Å². The maximum atomic E-state index is 6.35. The zero-order chi connectivity index (χ0) is 94.0. The van der Waals surface area contributed by atoms with Crippen molar-refractivity contribution in [3.63, 3.8) is 0 Å². The molecule has 2 aromatic heterocycles. The molecule has 142 heavy (non-hydrogen) atoms. The first-order chi connectivity index (χ1) is 70.5. The van der Waals surface area contributed by atoms with Crippen LogP contribution in [0.2, 0.25) is 0 Å². The highest BCUT2D eigenvalue weighted by molar-refractivity contribution is 6.11. The molecule has 4 heteroatoms. The molecule has 0 bridgehead atoms. The number of hydrogen-bond donors (Lipinski definition) is 0. The number of benzene rings is 23. The molecule has 0 unspecified atom stereocenters. The van der Waals surface area contributed by atoms with E-state index in [9.17, 15) is 0 Å². The lowest BCUT2D eigenvalue weighted by atomic mass is 9.67. The van der Waals surface area contributed by atoms with Gasteiger partial charge in [-0.05, 0) is 218 Å². The molecule has 2 heterocycles. The van der Waals surface area contributed by atoms with Crippen molar-refractivity contribution < 1.29 is 8.83 Å². The molecule has 0 saturated heterocycles. The lowest BCUT2D eigenvalue weighted by Gasteiger charge is -2.34. The summed E-state index contributed by atoms with van der Waals surface area (Å²) in [5.74, 6) is 0. The maximum Gasteiger partial charge on any atom is 0.135 e. The van der Waals surface area contributed by atoms with Crippen molar-refractivity contribution in [2.75, 3.05) is 9.80 Å². The van der Waals surface area contributed by atoms with Crippen LogP contribution in [-0.2, 0) is 10.8 Å². The zero-order valence-electron chi connectivity index (χ0n) is 77.8. The van der Waals surface area contributed by atoms with Crippen LogP contribution in [0.3, 0.4) is 0 Å². The zero-order valence-corrected chi connectivity index (χ0v) is 77.8. The Morgan fingerprint density at radius 2 is 0.415 bits per heavy atom. The van der Waals surface area contributed by atoms with Crippen LogP contribution >= 0.6 is 0 Å². The number of furan rings is 2. The standard InChI is InChI=1S/C71H47NO.C67H45NO/c1-3-21-53(22-4-1)71(54-23-5-2-6-24-54)64-32-13-9-29-62(64)70-61(31-18-33-65(70)71)59-27-11-15-35-67(59)72(66-34-14-10-26-58(66)52-43-46-69-63(47-52)60-28-12-16-36-68(60)73-69)55-44-41-49(42-45-55)48-37-39-51(40-38-48)57-30-17-20-50-19-7-8-25-56(50)57;1-4-21-46(22-5-1)47-39-41-48(42-40-47)52-27-11-16-35-61(52)68(62-36-17-12-28-53(62)49-43-44-65-58(45-49)55-30-14-19-38-64(55)69-65)63-37-18-13-29-54(63)56-32-20-34-60-66(56)57-31-10-15-33-59(57)67(60,50-23-6-2-7-24-50)51-25-8-3-9-26-51/h1-47H;1-45H. The molecule has 25 aromatic rings. The van der Waals surface area contributed by atoms with E-state index in [-0.39, 0.29) is 0 Å². The molecule has 0 spiro atoms. The first kappa shape index (κ1) is 84.1. The van der Waals surface area contributed by atoms with E-state index in [1.165, 1.54) is 116 Å². The second kappa shape index (κ2) is 35.6. The van der Waals surface area contributed by atoms with Crippen molar-refractivity contribution in [2.45, 2.75) is 10.8 Å². The van der Waals surface area contributed by atoms with E-state index in [2.05, 4.69) is 544 Å². The molecule has 2 aliphatic rings. The molecule has 0 aliphatic heterocycles. The van der Waals surface area contributed by atoms with Crippen molar-refractivity contribution >= 4 is 88.8 Å². The maximum absolute atomic E-state index is 6.35. The molecule has 666 valence electrons. The van der Waals surface area contributed by atoms with Gasteiger partial charge in [-0.15, -0.1) is 0 Å². The van der Waals surface area contributed by atoms with E-state index >= 15 is 0 Å². The Hall–Kier alpha value is -18.5. The minimum Gasteiger partial charge on any atom is -0.456 e. The number of fused-ring (bicyclic) bond motifs is 13. The van der Waals surface area contributed by atoms with Gasteiger partial charge in [-0.3, -0.25) is 0 Å². The molecule has 0 fully saturated rings. The van der Waals surface area contributed by atoms with Gasteiger partial charge in [0.25, 0.3) is 0 Å². The summed E-state index contributed by atoms with van der Waals surface area (Å²) >= 11 is 0. The van der Waals surface area contributed by atoms with Crippen LogP contribution in [0.4, 0.5) is 34.1 Å². The number of hydrogen-bond acceptors (Lipinski definition) is 4. The summed E-state index contributed by atoms with van der Waals surface area (Å²) in [6.07, 6.45) is 0. The van der Waals surface area contributed by atoms with Crippen molar-refractivity contribution in [2.24, 2.45) is 0 Å². The molecule has 4 nitrogen and oxygen atoms in total. The Balaban J connectivity index is 0.000000146. The number of nitrogens with zero attached hydrogens (tertiary/aromatic N) is 2. The minimum absolute atomic E-state index is 0.523. The second-order valence-electron chi connectivity index (χ2n) is 37.0. The van der Waals surface area contributed by atoms with E-state index in [1.807, 2.05) is 24.3 Å². The molecule has 23 aromatic carbocycles. The summed E-state index contributed by atoms with van der Waals surface area (Å²) in [5.41, 5.74) is 42.6. The van der Waals surface area contributed by atoms with Crippen LogP contribution < -0.4 is 9.80 Å². The van der Waals surface area contributed by atoms with Crippen LogP contribution in [0.5, 0.6) is 0 Å². The van der Waals surface area contributed by atoms with E-state index in [4.69, 9.17) is 8.83 Å². The SMILES string of the molecule is c1ccc(-c2ccc(-c3ccccc3N(c3ccccc3-c3ccc4oc5ccccc5c4c3)c3ccccc3-c3cccc4c3-c3ccccc3C4(c3ccccc3)c3ccccc3)cc2)cc1.c1ccc(C2(c3ccccc3)c3ccccc3-c3c(-c4ccccc4N(c4ccc(-c5ccc(-c6cccc7ccccc67)cc5)cc4)c4ccccc4-c4ccc5oc6ccccc6c5c4)cccc32)cc1. The highest BCUT2D eigenvalue weighted by Gasteiger charge is 2.49. The first-order valence-electron chi connectivity index (χ1n) is 48.9. The summed E-state index contributed by atoms with van der Waals surface area (Å²) in [5, 5.41) is 6.93. The van der Waals surface area contributed by atoms with Crippen LogP contribution in [0.15, 0.2) is 567 Å². The first-order valence-corrected chi connectivity index (χ1v) is 48.9. The van der Waals surface area contributed by atoms with Gasteiger partial charge >= 0.3 is 0 Å². The Labute approximate surface area is 826 Å². The van der Waals surface area contributed by atoms with Crippen LogP contribution in [-0.4, -0.2) is 0 Å². The average molecular weight is 1810 g/mol. The van der Waals surface area contributed by atoms with Crippen LogP contribution in [0.1, 0.15) is 44.5 Å². The van der Waals surface area contributed by atoms with Crippen molar-refractivity contribution in [1.82, 2.24) is 0 Å². The van der Waals surface area contributed by atoms with Crippen molar-refractivity contribution in [3.8, 4) is 111 Å². The molecule has 0 atom stereocenters. The summed E-state index contributed by atoms with van der Waals surface area (Å²) in [6, 6.07) is 204. The van der Waals surface area contributed by atoms with Gasteiger partial charge in [0, 0.05) is 55.0 Å². The summed E-state index contributed by atoms with van der Waals surface area (Å²) in [4.78, 5) is 4.97. The quantitative estimate of drug-likeness (QED) is 0.0857. The van der Waals surface area contributed by atoms with E-state index in [1.54, 1.807) is 0 Å². The lowest BCUT2D eigenvalue weighted by molar-refractivity contribution is 0.668. The van der Waals surface area contributed by atoms with E-state index < -0.39 is 10.8 Å². The fourth-order valence-electron chi connectivity index (χ4n) is 23.1. The van der Waals surface area contributed by atoms with Gasteiger partial charge in [-0.2, -0.15) is 0 Å². The fourth-order valence-corrected chi connectivity index (χ4v) is 23.1. The predicted octanol–water partition coefficient (Wildman–Crippen LogP) is 37.3. The molecule has 0 N–H and O–H groups in total. The van der Waals surface area contributed by atoms with Crippen molar-refractivity contribution in [1.29, 1.82) is 0 Å². The monoisotopic (exact) mass is 1810 g/mol. The largest absolute Gasteiger partial charge is 0.456 e. The third-order valence-corrected chi connectivity index (χ3v) is 29.4. The number of rotatable bonds is 18. The fraction of sp³-hybridized carbons (Fsp3) is 0.0145. The Kier molecular flexibility index (Phi) is 21.1. The average Bonchev–Trinajstić information content (AvgIpc) is 1.53. The minimum atomic E-state index is -0.528. The van der Waals surface area contributed by atoms with Gasteiger partial charge in [0.2, 0.25) is 0 Å². The second-order valence-corrected chi connectivity index (χ2v) is 37.0. The third kappa shape index (κ3) is 14.1. The van der Waals surface area contributed by atoms with Gasteiger partial charge in [-0.1, -0.05) is 479 Å². The Morgan fingerprint density at radius 1 is 0.148 bits per heavy atom. The number of anilines is 6. The molecule has 0 amide bonds. The van der Waals surface area contributed by atoms with Gasteiger partial charge in [-0.25, -0.2) is 0 Å². The highest BCUT2D eigenvalue weighted by Crippen LogP contribution is 2.63. The molecule has 0 radical (unpaired) electrons. The smallest absolute Gasteiger partial charge is 0.135 e. The van der Waals surface area contributed by atoms with Gasteiger partial charge in [0.1, 0.15) is 22.3 Å². The third-order valence-electron chi connectivity index (χ3n) is 29.4. The number of para-hydroxylation sites is 7. The Bertz CT molecular complexity index is 8990. The van der Waals surface area contributed by atoms with Crippen LogP contribution in [0.25, 0.3) is 166 Å². The summed E-state index contributed by atoms with van der Waals surface area (Å²) < 4.78 is 12.7. The Morgan fingerprint density at radius 3 is 0.859 bits per heavy atom. The van der Waals surface area contributed by atoms with Crippen molar-refractivity contribution in [3.05, 3.63) is 603 Å². The topological polar surface area (TPSA) is 32.8 Å². The van der Waals surface area contributed by atoms with E-state index in [0.717, 1.165) is 128 Å². The highest BCUT2D eigenvalue weighted by atomic mass is 16.3. The lowest BCUT2D eigenvalue weighted by Crippen LogP contribution is -2.28. The normalized spacial score (nSPS) is 12.5. The van der Waals surface area contributed by atoms with E-state index in [0.29, 0.717) is 0 Å². The van der Waals surface area contributed by atoms with Gasteiger partial charge in [0.15, 0.2) is 0 Å². The molecule has 0 saturated carbocycles. The molecule has 2 aliphatic carbocycles. The van der Waals surface area contributed by atoms with Gasteiger partial charge < -0.3 is 18.6 Å². The molecular weight excluding hydrogens is 1720 g/mol. The predicted molar refractivity (Wildman–Crippen MR) is 592 cm³/mol. The molecule has 27 rings (SSSR count).